The lowest BCUT2D eigenvalue weighted by Gasteiger charge is -2.18. The van der Waals surface area contributed by atoms with Crippen LogP contribution in [0.1, 0.15) is 25.7 Å². The average Bonchev–Trinajstić information content (AvgIpc) is 2.38. The molecule has 0 saturated carbocycles. The lowest BCUT2D eigenvalue weighted by atomic mass is 9.96. The van der Waals surface area contributed by atoms with Gasteiger partial charge < -0.3 is 9.84 Å². The van der Waals surface area contributed by atoms with Crippen LogP contribution in [0.3, 0.4) is 0 Å². The van der Waals surface area contributed by atoms with Gasteiger partial charge in [-0.15, -0.1) is 12.3 Å². The standard InChI is InChI=1S/C9H14O2/c1-2-3-4-5-9(10)6-7-11-8-9/h1,10H,3-8H2. The van der Waals surface area contributed by atoms with E-state index in [2.05, 4.69) is 5.92 Å². The second-order valence-corrected chi connectivity index (χ2v) is 3.08. The van der Waals surface area contributed by atoms with E-state index in [0.717, 1.165) is 25.7 Å². The highest BCUT2D eigenvalue weighted by molar-refractivity contribution is 4.87. The fraction of sp³-hybridized carbons (Fsp3) is 0.778. The van der Waals surface area contributed by atoms with Gasteiger partial charge in [-0.2, -0.15) is 0 Å². The first-order chi connectivity index (χ1) is 5.27. The van der Waals surface area contributed by atoms with Crippen LogP contribution in [-0.2, 0) is 4.74 Å². The number of aliphatic hydroxyl groups is 1. The highest BCUT2D eigenvalue weighted by atomic mass is 16.5. The molecule has 0 aromatic rings. The summed E-state index contributed by atoms with van der Waals surface area (Å²) < 4.78 is 5.09. The quantitative estimate of drug-likeness (QED) is 0.484. The van der Waals surface area contributed by atoms with Crippen LogP contribution in [0.25, 0.3) is 0 Å². The van der Waals surface area contributed by atoms with Gasteiger partial charge in [0, 0.05) is 19.4 Å². The predicted octanol–water partition coefficient (Wildman–Crippen LogP) is 0.941. The highest BCUT2D eigenvalue weighted by Gasteiger charge is 2.30. The van der Waals surface area contributed by atoms with Gasteiger partial charge in [0.1, 0.15) is 0 Å². The van der Waals surface area contributed by atoms with Crippen molar-refractivity contribution in [1.82, 2.24) is 0 Å². The fourth-order valence-corrected chi connectivity index (χ4v) is 1.31. The number of hydrogen-bond donors (Lipinski definition) is 1. The van der Waals surface area contributed by atoms with Crippen LogP contribution in [0.15, 0.2) is 0 Å². The molecule has 1 saturated heterocycles. The Balaban J connectivity index is 2.19. The smallest absolute Gasteiger partial charge is 0.0902 e. The first kappa shape index (κ1) is 8.58. The van der Waals surface area contributed by atoms with Crippen molar-refractivity contribution in [3.8, 4) is 12.3 Å². The van der Waals surface area contributed by atoms with Crippen LogP contribution in [0.5, 0.6) is 0 Å². The summed E-state index contributed by atoms with van der Waals surface area (Å²) in [6.07, 6.45) is 8.28. The zero-order valence-corrected chi connectivity index (χ0v) is 6.68. The molecule has 1 aliphatic rings. The van der Waals surface area contributed by atoms with Crippen molar-refractivity contribution >= 4 is 0 Å². The number of unbranched alkanes of at least 4 members (excludes halogenated alkanes) is 1. The Kier molecular flexibility index (Phi) is 2.92. The minimum atomic E-state index is -0.573. The molecule has 1 atom stereocenters. The van der Waals surface area contributed by atoms with Crippen LogP contribution in [0.4, 0.5) is 0 Å². The zero-order chi connectivity index (χ0) is 8.16. The highest BCUT2D eigenvalue weighted by Crippen LogP contribution is 2.23. The summed E-state index contributed by atoms with van der Waals surface area (Å²) >= 11 is 0. The van der Waals surface area contributed by atoms with Crippen LogP contribution >= 0.6 is 0 Å². The molecular weight excluding hydrogens is 140 g/mol. The van der Waals surface area contributed by atoms with E-state index < -0.39 is 5.60 Å². The summed E-state index contributed by atoms with van der Waals surface area (Å²) in [4.78, 5) is 0. The SMILES string of the molecule is C#CCCCC1(O)CCOC1. The van der Waals surface area contributed by atoms with Crippen LogP contribution in [0, 0.1) is 12.3 Å². The fourth-order valence-electron chi connectivity index (χ4n) is 1.31. The zero-order valence-electron chi connectivity index (χ0n) is 6.68. The minimum Gasteiger partial charge on any atom is -0.387 e. The summed E-state index contributed by atoms with van der Waals surface area (Å²) in [5.41, 5.74) is -0.573. The molecule has 0 radical (unpaired) electrons. The van der Waals surface area contributed by atoms with Crippen LogP contribution in [0.2, 0.25) is 0 Å². The Hall–Kier alpha value is -0.520. The summed E-state index contributed by atoms with van der Waals surface area (Å²) in [7, 11) is 0. The topological polar surface area (TPSA) is 29.5 Å². The first-order valence-electron chi connectivity index (χ1n) is 4.00. The van der Waals surface area contributed by atoms with E-state index in [1.807, 2.05) is 0 Å². The molecule has 1 N–H and O–H groups in total. The van der Waals surface area contributed by atoms with E-state index in [1.54, 1.807) is 0 Å². The van der Waals surface area contributed by atoms with Gasteiger partial charge in [-0.1, -0.05) is 0 Å². The van der Waals surface area contributed by atoms with Crippen molar-refractivity contribution in [2.24, 2.45) is 0 Å². The maximum Gasteiger partial charge on any atom is 0.0902 e. The van der Waals surface area contributed by atoms with Gasteiger partial charge in [0.25, 0.3) is 0 Å². The van der Waals surface area contributed by atoms with E-state index in [0.29, 0.717) is 13.2 Å². The molecule has 1 rings (SSSR count). The normalized spacial score (nSPS) is 30.2. The second kappa shape index (κ2) is 3.75. The third-order valence-electron chi connectivity index (χ3n) is 2.05. The largest absolute Gasteiger partial charge is 0.387 e. The summed E-state index contributed by atoms with van der Waals surface area (Å²) in [6.45, 7) is 1.17. The van der Waals surface area contributed by atoms with Crippen LogP contribution < -0.4 is 0 Å². The van der Waals surface area contributed by atoms with Crippen LogP contribution in [-0.4, -0.2) is 23.9 Å². The third kappa shape index (κ3) is 2.53. The molecule has 2 heteroatoms. The van der Waals surface area contributed by atoms with E-state index in [9.17, 15) is 5.11 Å². The van der Waals surface area contributed by atoms with Crippen molar-refractivity contribution in [2.75, 3.05) is 13.2 Å². The maximum atomic E-state index is 9.72. The number of rotatable bonds is 3. The monoisotopic (exact) mass is 154 g/mol. The molecule has 2 nitrogen and oxygen atoms in total. The van der Waals surface area contributed by atoms with Crippen molar-refractivity contribution in [3.63, 3.8) is 0 Å². The molecule has 0 aromatic heterocycles. The minimum absolute atomic E-state index is 0.484. The van der Waals surface area contributed by atoms with Crippen molar-refractivity contribution in [3.05, 3.63) is 0 Å². The Morgan fingerprint density at radius 1 is 1.64 bits per heavy atom. The van der Waals surface area contributed by atoms with E-state index >= 15 is 0 Å². The van der Waals surface area contributed by atoms with Gasteiger partial charge >= 0.3 is 0 Å². The van der Waals surface area contributed by atoms with Crippen molar-refractivity contribution in [2.45, 2.75) is 31.3 Å². The summed E-state index contributed by atoms with van der Waals surface area (Å²) in [5.74, 6) is 2.56. The number of ether oxygens (including phenoxy) is 1. The molecule has 0 aliphatic carbocycles. The molecule has 0 aromatic carbocycles. The van der Waals surface area contributed by atoms with Crippen molar-refractivity contribution < 1.29 is 9.84 Å². The number of terminal acetylenes is 1. The molecule has 0 amide bonds. The van der Waals surface area contributed by atoms with Gasteiger partial charge in [0.2, 0.25) is 0 Å². The number of hydrogen-bond acceptors (Lipinski definition) is 2. The molecule has 1 heterocycles. The van der Waals surface area contributed by atoms with Gasteiger partial charge in [0.15, 0.2) is 0 Å². The van der Waals surface area contributed by atoms with Gasteiger partial charge in [0.05, 0.1) is 12.2 Å². The Morgan fingerprint density at radius 2 is 2.45 bits per heavy atom. The van der Waals surface area contributed by atoms with E-state index in [4.69, 9.17) is 11.2 Å². The van der Waals surface area contributed by atoms with Gasteiger partial charge in [-0.3, -0.25) is 0 Å². The molecule has 11 heavy (non-hydrogen) atoms. The molecule has 1 aliphatic heterocycles. The Morgan fingerprint density at radius 3 is 3.00 bits per heavy atom. The summed E-state index contributed by atoms with van der Waals surface area (Å²) in [5, 5.41) is 9.72. The Bertz CT molecular complexity index is 151. The lowest BCUT2D eigenvalue weighted by Crippen LogP contribution is -2.28. The lowest BCUT2D eigenvalue weighted by molar-refractivity contribution is 0.0180. The van der Waals surface area contributed by atoms with E-state index in [-0.39, 0.29) is 0 Å². The molecule has 1 fully saturated rings. The van der Waals surface area contributed by atoms with E-state index in [1.165, 1.54) is 0 Å². The van der Waals surface area contributed by atoms with Crippen molar-refractivity contribution in [1.29, 1.82) is 0 Å². The van der Waals surface area contributed by atoms with Gasteiger partial charge in [-0.05, 0) is 12.8 Å². The Labute approximate surface area is 67.6 Å². The molecule has 62 valence electrons. The van der Waals surface area contributed by atoms with Gasteiger partial charge in [-0.25, -0.2) is 0 Å². The molecule has 0 spiro atoms. The maximum absolute atomic E-state index is 9.72. The molecule has 0 bridgehead atoms. The predicted molar refractivity (Wildman–Crippen MR) is 43.1 cm³/mol. The average molecular weight is 154 g/mol. The second-order valence-electron chi connectivity index (χ2n) is 3.08. The molecule has 1 unspecified atom stereocenters. The third-order valence-corrected chi connectivity index (χ3v) is 2.05. The summed E-state index contributed by atoms with van der Waals surface area (Å²) in [6, 6.07) is 0. The first-order valence-corrected chi connectivity index (χ1v) is 4.00. The molecular formula is C9H14O2.